The fraction of sp³-hybridized carbons (Fsp3) is 0.368. The molecule has 0 bridgehead atoms. The molecule has 0 saturated carbocycles. The first kappa shape index (κ1) is 19.7. The van der Waals surface area contributed by atoms with Crippen molar-refractivity contribution in [3.05, 3.63) is 52.7 Å². The summed E-state index contributed by atoms with van der Waals surface area (Å²) in [6, 6.07) is 8.08. The number of hydrogen-bond acceptors (Lipinski definition) is 4. The maximum absolute atomic E-state index is 14.5. The average molecular weight is 362 g/mol. The van der Waals surface area contributed by atoms with E-state index in [9.17, 15) is 14.0 Å². The summed E-state index contributed by atoms with van der Waals surface area (Å²) in [4.78, 5) is 23.9. The molecule has 0 atom stereocenters. The molecule has 0 spiro atoms. The molecule has 1 aromatic carbocycles. The number of halogens is 1. The molecule has 0 fully saturated rings. The Bertz CT molecular complexity index is 828. The van der Waals surface area contributed by atoms with E-state index >= 15 is 0 Å². The molecule has 0 saturated heterocycles. The van der Waals surface area contributed by atoms with Crippen LogP contribution >= 0.6 is 0 Å². The van der Waals surface area contributed by atoms with Crippen LogP contribution in [-0.2, 0) is 11.3 Å². The molecule has 0 unspecified atom stereocenters. The first-order valence-corrected chi connectivity index (χ1v) is 8.36. The molecule has 0 aliphatic rings. The maximum atomic E-state index is 14.5. The standard InChI is InChI=1S/C19H23FN2O4/c1-4-26-14-7-5-13(6-8-14)15-11-17(23)22(12-16(15)20)10-9-19(2,3)18(24)21-25/h5-8,11-12,25H,4,9-10H2,1-3H3,(H,21,24). The fourth-order valence-corrected chi connectivity index (χ4v) is 2.50. The Morgan fingerprint density at radius 2 is 1.96 bits per heavy atom. The van der Waals surface area contributed by atoms with Gasteiger partial charge in [0, 0.05) is 29.8 Å². The molecule has 6 nitrogen and oxygen atoms in total. The van der Waals surface area contributed by atoms with E-state index in [0.717, 1.165) is 6.20 Å². The molecule has 2 N–H and O–H groups in total. The summed E-state index contributed by atoms with van der Waals surface area (Å²) in [6.45, 7) is 5.83. The second-order valence-corrected chi connectivity index (χ2v) is 6.60. The molecule has 1 aromatic heterocycles. The van der Waals surface area contributed by atoms with Gasteiger partial charge in [0.25, 0.3) is 5.56 Å². The van der Waals surface area contributed by atoms with Crippen molar-refractivity contribution in [1.29, 1.82) is 0 Å². The van der Waals surface area contributed by atoms with Crippen LogP contribution < -0.4 is 15.8 Å². The van der Waals surface area contributed by atoms with E-state index in [4.69, 9.17) is 9.94 Å². The molecule has 2 aromatic rings. The van der Waals surface area contributed by atoms with Crippen LogP contribution in [-0.4, -0.2) is 22.3 Å². The van der Waals surface area contributed by atoms with Crippen molar-refractivity contribution in [1.82, 2.24) is 10.0 Å². The molecular weight excluding hydrogens is 339 g/mol. The van der Waals surface area contributed by atoms with Gasteiger partial charge in [-0.15, -0.1) is 0 Å². The van der Waals surface area contributed by atoms with E-state index in [0.29, 0.717) is 17.9 Å². The van der Waals surface area contributed by atoms with Crippen molar-refractivity contribution < 1.29 is 19.1 Å². The van der Waals surface area contributed by atoms with Crippen molar-refractivity contribution >= 4 is 5.91 Å². The lowest BCUT2D eigenvalue weighted by Crippen LogP contribution is -2.36. The molecule has 0 aliphatic carbocycles. The number of hydrogen-bond donors (Lipinski definition) is 2. The Balaban J connectivity index is 2.22. The zero-order valence-electron chi connectivity index (χ0n) is 15.1. The molecule has 140 valence electrons. The van der Waals surface area contributed by atoms with Gasteiger partial charge in [0.15, 0.2) is 0 Å². The number of carbonyl (C=O) groups excluding carboxylic acids is 1. The van der Waals surface area contributed by atoms with Gasteiger partial charge in [0.2, 0.25) is 5.91 Å². The van der Waals surface area contributed by atoms with Crippen LogP contribution in [0.15, 0.2) is 41.3 Å². The number of aromatic nitrogens is 1. The number of hydroxylamine groups is 1. The smallest absolute Gasteiger partial charge is 0.251 e. The third-order valence-electron chi connectivity index (χ3n) is 4.25. The van der Waals surface area contributed by atoms with Gasteiger partial charge in [-0.2, -0.15) is 0 Å². The lowest BCUT2D eigenvalue weighted by molar-refractivity contribution is -0.138. The molecule has 1 heterocycles. The molecule has 0 aliphatic heterocycles. The highest BCUT2D eigenvalue weighted by Crippen LogP contribution is 2.25. The average Bonchev–Trinajstić information content (AvgIpc) is 2.62. The number of ether oxygens (including phenoxy) is 1. The molecule has 0 radical (unpaired) electrons. The largest absolute Gasteiger partial charge is 0.494 e. The fourth-order valence-electron chi connectivity index (χ4n) is 2.50. The van der Waals surface area contributed by atoms with E-state index in [1.165, 1.54) is 10.6 Å². The van der Waals surface area contributed by atoms with Gasteiger partial charge in [-0.05, 0) is 31.0 Å². The van der Waals surface area contributed by atoms with Crippen LogP contribution in [0.5, 0.6) is 5.75 Å². The second-order valence-electron chi connectivity index (χ2n) is 6.60. The van der Waals surface area contributed by atoms with Crippen molar-refractivity contribution in [3.8, 4) is 16.9 Å². The Labute approximate surface area is 151 Å². The van der Waals surface area contributed by atoms with Gasteiger partial charge in [-0.25, -0.2) is 9.87 Å². The van der Waals surface area contributed by atoms with Crippen molar-refractivity contribution in [2.75, 3.05) is 6.61 Å². The topological polar surface area (TPSA) is 80.6 Å². The lowest BCUT2D eigenvalue weighted by Gasteiger charge is -2.22. The molecule has 26 heavy (non-hydrogen) atoms. The third-order valence-corrected chi connectivity index (χ3v) is 4.25. The molecular formula is C19H23FN2O4. The van der Waals surface area contributed by atoms with Crippen LogP contribution in [0.25, 0.3) is 11.1 Å². The Morgan fingerprint density at radius 1 is 1.31 bits per heavy atom. The zero-order valence-corrected chi connectivity index (χ0v) is 15.1. The van der Waals surface area contributed by atoms with Crippen molar-refractivity contribution in [2.45, 2.75) is 33.7 Å². The molecule has 2 rings (SSSR count). The van der Waals surface area contributed by atoms with Gasteiger partial charge in [0.05, 0.1) is 6.61 Å². The van der Waals surface area contributed by atoms with Crippen molar-refractivity contribution in [3.63, 3.8) is 0 Å². The third kappa shape index (κ3) is 4.49. The first-order chi connectivity index (χ1) is 12.3. The quantitative estimate of drug-likeness (QED) is 0.586. The number of rotatable bonds is 7. The molecule has 1 amide bonds. The Kier molecular flexibility index (Phi) is 6.15. The summed E-state index contributed by atoms with van der Waals surface area (Å²) >= 11 is 0. The van der Waals surface area contributed by atoms with Gasteiger partial charge < -0.3 is 9.30 Å². The summed E-state index contributed by atoms with van der Waals surface area (Å²) in [7, 11) is 0. The minimum absolute atomic E-state index is 0.153. The Morgan fingerprint density at radius 3 is 2.54 bits per heavy atom. The monoisotopic (exact) mass is 362 g/mol. The van der Waals surface area contributed by atoms with Gasteiger partial charge in [0.1, 0.15) is 11.6 Å². The highest BCUT2D eigenvalue weighted by molar-refractivity contribution is 5.80. The normalized spacial score (nSPS) is 11.3. The summed E-state index contributed by atoms with van der Waals surface area (Å²) < 4.78 is 21.1. The number of carbonyl (C=O) groups is 1. The zero-order chi connectivity index (χ0) is 19.3. The van der Waals surface area contributed by atoms with E-state index in [1.54, 1.807) is 43.6 Å². The van der Waals surface area contributed by atoms with Gasteiger partial charge in [-0.1, -0.05) is 26.0 Å². The minimum atomic E-state index is -0.890. The predicted molar refractivity (Wildman–Crippen MR) is 95.6 cm³/mol. The Hall–Kier alpha value is -2.67. The number of nitrogens with zero attached hydrogens (tertiary/aromatic N) is 1. The number of benzene rings is 1. The summed E-state index contributed by atoms with van der Waals surface area (Å²) in [5.74, 6) is -0.412. The van der Waals surface area contributed by atoms with Gasteiger partial charge in [-0.3, -0.25) is 14.8 Å². The second kappa shape index (κ2) is 8.14. The van der Waals surface area contributed by atoms with E-state index in [2.05, 4.69) is 0 Å². The number of aryl methyl sites for hydroxylation is 1. The predicted octanol–water partition coefficient (Wildman–Crippen LogP) is 2.97. The van der Waals surface area contributed by atoms with E-state index < -0.39 is 17.1 Å². The first-order valence-electron chi connectivity index (χ1n) is 8.36. The highest BCUT2D eigenvalue weighted by atomic mass is 19.1. The minimum Gasteiger partial charge on any atom is -0.494 e. The summed E-state index contributed by atoms with van der Waals surface area (Å²) in [6.07, 6.45) is 1.40. The van der Waals surface area contributed by atoms with E-state index in [1.807, 2.05) is 6.92 Å². The summed E-state index contributed by atoms with van der Waals surface area (Å²) in [5.41, 5.74) is 1.13. The van der Waals surface area contributed by atoms with Crippen LogP contribution in [0.2, 0.25) is 0 Å². The number of pyridine rings is 1. The number of nitrogens with one attached hydrogen (secondary N) is 1. The number of amides is 1. The summed E-state index contributed by atoms with van der Waals surface area (Å²) in [5, 5.41) is 8.74. The van der Waals surface area contributed by atoms with Crippen LogP contribution in [0.1, 0.15) is 27.2 Å². The van der Waals surface area contributed by atoms with Crippen LogP contribution in [0, 0.1) is 11.2 Å². The lowest BCUT2D eigenvalue weighted by atomic mass is 9.88. The van der Waals surface area contributed by atoms with Crippen LogP contribution in [0.3, 0.4) is 0 Å². The molecule has 7 heteroatoms. The van der Waals surface area contributed by atoms with Crippen LogP contribution in [0.4, 0.5) is 4.39 Å². The highest BCUT2D eigenvalue weighted by Gasteiger charge is 2.27. The van der Waals surface area contributed by atoms with E-state index in [-0.39, 0.29) is 24.1 Å². The van der Waals surface area contributed by atoms with Crippen molar-refractivity contribution in [2.24, 2.45) is 5.41 Å². The maximum Gasteiger partial charge on any atom is 0.251 e. The SMILES string of the molecule is CCOc1ccc(-c2cc(=O)n(CCC(C)(C)C(=O)NO)cc2F)cc1. The van der Waals surface area contributed by atoms with Gasteiger partial charge >= 0.3 is 0 Å².